The van der Waals surface area contributed by atoms with E-state index in [1.165, 1.54) is 24.9 Å². The molecule has 0 radical (unpaired) electrons. The maximum Gasteiger partial charge on any atom is 0.0698 e. The van der Waals surface area contributed by atoms with Crippen LogP contribution in [0.3, 0.4) is 0 Å². The van der Waals surface area contributed by atoms with Crippen molar-refractivity contribution < 1.29 is 4.74 Å². The first kappa shape index (κ1) is 16.5. The molecule has 2 atom stereocenters. The second kappa shape index (κ2) is 7.92. The van der Waals surface area contributed by atoms with Crippen LogP contribution in [0.4, 0.5) is 0 Å². The molecule has 1 N–H and O–H groups in total. The number of likely N-dealkylation sites (N-methyl/N-ethyl adjacent to an activating group) is 1. The maximum atomic E-state index is 5.57. The summed E-state index contributed by atoms with van der Waals surface area (Å²) in [5, 5.41) is 3.54. The molecule has 3 nitrogen and oxygen atoms in total. The van der Waals surface area contributed by atoms with E-state index in [0.717, 1.165) is 26.2 Å². The van der Waals surface area contributed by atoms with Gasteiger partial charge in [-0.3, -0.25) is 4.90 Å². The molecule has 1 saturated heterocycles. The highest BCUT2D eigenvalue weighted by atomic mass is 16.5. The molecule has 0 aliphatic carbocycles. The van der Waals surface area contributed by atoms with Crippen molar-refractivity contribution in [1.82, 2.24) is 10.2 Å². The lowest BCUT2D eigenvalue weighted by Gasteiger charge is -2.40. The van der Waals surface area contributed by atoms with Gasteiger partial charge in [-0.1, -0.05) is 44.2 Å². The summed E-state index contributed by atoms with van der Waals surface area (Å²) < 4.78 is 5.57. The number of ether oxygens (including phenoxy) is 1. The highest BCUT2D eigenvalue weighted by molar-refractivity contribution is 5.25. The fourth-order valence-electron chi connectivity index (χ4n) is 3.33. The molecule has 21 heavy (non-hydrogen) atoms. The van der Waals surface area contributed by atoms with Gasteiger partial charge in [0.2, 0.25) is 0 Å². The predicted octanol–water partition coefficient (Wildman–Crippen LogP) is 2.66. The van der Waals surface area contributed by atoms with E-state index in [2.05, 4.69) is 54.4 Å². The minimum Gasteiger partial charge on any atom is -0.380 e. The second-order valence-corrected chi connectivity index (χ2v) is 6.44. The number of rotatable bonds is 7. The Morgan fingerprint density at radius 3 is 2.76 bits per heavy atom. The maximum absolute atomic E-state index is 5.57. The summed E-state index contributed by atoms with van der Waals surface area (Å²) in [6, 6.07) is 10.9. The molecule has 0 amide bonds. The van der Waals surface area contributed by atoms with Crippen molar-refractivity contribution in [2.45, 2.75) is 38.2 Å². The second-order valence-electron chi connectivity index (χ2n) is 6.44. The Labute approximate surface area is 129 Å². The van der Waals surface area contributed by atoms with Gasteiger partial charge in [0.05, 0.1) is 6.10 Å². The van der Waals surface area contributed by atoms with Crippen molar-refractivity contribution in [3.8, 4) is 0 Å². The number of hydrogen-bond donors (Lipinski definition) is 1. The third-order valence-corrected chi connectivity index (χ3v) is 4.60. The third kappa shape index (κ3) is 4.53. The zero-order chi connectivity index (χ0) is 15.1. The Kier molecular flexibility index (Phi) is 6.22. The van der Waals surface area contributed by atoms with Crippen molar-refractivity contribution in [3.05, 3.63) is 35.9 Å². The number of likely N-dealkylation sites (tertiary alicyclic amines) is 1. The van der Waals surface area contributed by atoms with E-state index in [9.17, 15) is 0 Å². The van der Waals surface area contributed by atoms with Crippen molar-refractivity contribution >= 4 is 0 Å². The van der Waals surface area contributed by atoms with Crippen LogP contribution in [0, 0.1) is 0 Å². The Morgan fingerprint density at radius 1 is 1.33 bits per heavy atom. The van der Waals surface area contributed by atoms with Gasteiger partial charge in [-0.05, 0) is 31.5 Å². The Bertz CT molecular complexity index is 409. The predicted molar refractivity (Wildman–Crippen MR) is 88.8 cm³/mol. The number of nitrogens with zero attached hydrogens (tertiary/aromatic N) is 1. The third-order valence-electron chi connectivity index (χ3n) is 4.60. The van der Waals surface area contributed by atoms with Gasteiger partial charge < -0.3 is 10.1 Å². The molecule has 2 rings (SSSR count). The van der Waals surface area contributed by atoms with Crippen molar-refractivity contribution in [1.29, 1.82) is 0 Å². The van der Waals surface area contributed by atoms with Crippen LogP contribution in [0.25, 0.3) is 0 Å². The monoisotopic (exact) mass is 290 g/mol. The molecule has 3 heteroatoms. The molecule has 1 aliphatic rings. The summed E-state index contributed by atoms with van der Waals surface area (Å²) in [6.07, 6.45) is 2.84. The first-order chi connectivity index (χ1) is 10.2. The molecule has 0 saturated carbocycles. The van der Waals surface area contributed by atoms with E-state index in [1.54, 1.807) is 0 Å². The van der Waals surface area contributed by atoms with Gasteiger partial charge in [-0.2, -0.15) is 0 Å². The van der Waals surface area contributed by atoms with Crippen LogP contribution in [0.5, 0.6) is 0 Å². The number of piperidine rings is 1. The van der Waals surface area contributed by atoms with E-state index in [-0.39, 0.29) is 5.41 Å². The van der Waals surface area contributed by atoms with Crippen LogP contribution in [0.1, 0.15) is 32.3 Å². The molecule has 0 spiro atoms. The van der Waals surface area contributed by atoms with Crippen LogP contribution >= 0.6 is 0 Å². The standard InChI is InChI=1S/C18H30N2O/c1-4-19-14-18(2,16-9-6-5-7-10-16)15-20-12-8-11-17(13-20)21-3/h5-7,9-10,17,19H,4,8,11-15H2,1-3H3. The molecule has 1 aromatic rings. The first-order valence-electron chi connectivity index (χ1n) is 8.19. The molecule has 1 aromatic carbocycles. The lowest BCUT2D eigenvalue weighted by Crippen LogP contribution is -2.49. The zero-order valence-electron chi connectivity index (χ0n) is 13.8. The smallest absolute Gasteiger partial charge is 0.0698 e. The molecule has 0 aromatic heterocycles. The number of methoxy groups -OCH3 is 1. The summed E-state index contributed by atoms with van der Waals surface area (Å²) in [6.45, 7) is 9.92. The van der Waals surface area contributed by atoms with E-state index in [0.29, 0.717) is 6.10 Å². The molecular weight excluding hydrogens is 260 g/mol. The molecule has 118 valence electrons. The lowest BCUT2D eigenvalue weighted by molar-refractivity contribution is 0.0239. The number of hydrogen-bond acceptors (Lipinski definition) is 3. The Hall–Kier alpha value is -0.900. The van der Waals surface area contributed by atoms with Crippen molar-refractivity contribution in [3.63, 3.8) is 0 Å². The van der Waals surface area contributed by atoms with Crippen LogP contribution in [0.15, 0.2) is 30.3 Å². The fourth-order valence-corrected chi connectivity index (χ4v) is 3.33. The van der Waals surface area contributed by atoms with E-state index in [4.69, 9.17) is 4.74 Å². The fraction of sp³-hybridized carbons (Fsp3) is 0.667. The SMILES string of the molecule is CCNCC(C)(CN1CCCC(OC)C1)c1ccccc1. The van der Waals surface area contributed by atoms with Gasteiger partial charge in [-0.15, -0.1) is 0 Å². The minimum absolute atomic E-state index is 0.146. The summed E-state index contributed by atoms with van der Waals surface area (Å²) in [5.74, 6) is 0. The van der Waals surface area contributed by atoms with Crippen LogP contribution < -0.4 is 5.32 Å². The molecule has 0 bridgehead atoms. The Morgan fingerprint density at radius 2 is 2.10 bits per heavy atom. The van der Waals surface area contributed by atoms with Gasteiger partial charge in [0.15, 0.2) is 0 Å². The normalized spacial score (nSPS) is 22.9. The molecule has 2 unspecified atom stereocenters. The minimum atomic E-state index is 0.146. The van der Waals surface area contributed by atoms with Crippen molar-refractivity contribution in [2.75, 3.05) is 39.8 Å². The zero-order valence-corrected chi connectivity index (χ0v) is 13.8. The number of benzene rings is 1. The highest BCUT2D eigenvalue weighted by Gasteiger charge is 2.31. The van der Waals surface area contributed by atoms with E-state index >= 15 is 0 Å². The number of nitrogens with one attached hydrogen (secondary N) is 1. The Balaban J connectivity index is 2.09. The first-order valence-corrected chi connectivity index (χ1v) is 8.19. The van der Waals surface area contributed by atoms with Gasteiger partial charge >= 0.3 is 0 Å². The largest absolute Gasteiger partial charge is 0.380 e. The van der Waals surface area contributed by atoms with Crippen LogP contribution in [0.2, 0.25) is 0 Å². The van der Waals surface area contributed by atoms with Crippen LogP contribution in [-0.4, -0.2) is 50.8 Å². The molecular formula is C18H30N2O. The van der Waals surface area contributed by atoms with Crippen molar-refractivity contribution in [2.24, 2.45) is 0 Å². The van der Waals surface area contributed by atoms with E-state index in [1.807, 2.05) is 7.11 Å². The van der Waals surface area contributed by atoms with Gasteiger partial charge in [0.25, 0.3) is 0 Å². The van der Waals surface area contributed by atoms with Crippen LogP contribution in [-0.2, 0) is 10.2 Å². The molecule has 1 heterocycles. The quantitative estimate of drug-likeness (QED) is 0.835. The average molecular weight is 290 g/mol. The average Bonchev–Trinajstić information content (AvgIpc) is 2.54. The summed E-state index contributed by atoms with van der Waals surface area (Å²) in [4.78, 5) is 2.57. The van der Waals surface area contributed by atoms with Gasteiger partial charge in [0, 0.05) is 32.2 Å². The molecule has 1 fully saturated rings. The summed E-state index contributed by atoms with van der Waals surface area (Å²) in [7, 11) is 1.84. The summed E-state index contributed by atoms with van der Waals surface area (Å²) in [5.41, 5.74) is 1.57. The van der Waals surface area contributed by atoms with E-state index < -0.39 is 0 Å². The highest BCUT2D eigenvalue weighted by Crippen LogP contribution is 2.26. The van der Waals surface area contributed by atoms with Gasteiger partial charge in [0.1, 0.15) is 0 Å². The summed E-state index contributed by atoms with van der Waals surface area (Å²) >= 11 is 0. The van der Waals surface area contributed by atoms with Gasteiger partial charge in [-0.25, -0.2) is 0 Å². The lowest BCUT2D eigenvalue weighted by atomic mass is 9.81. The molecule has 1 aliphatic heterocycles. The topological polar surface area (TPSA) is 24.5 Å².